The molecule has 0 atom stereocenters. The average Bonchev–Trinajstić information content (AvgIpc) is 2.36. The van der Waals surface area contributed by atoms with Gasteiger partial charge in [0.2, 0.25) is 0 Å². The van der Waals surface area contributed by atoms with Gasteiger partial charge in [-0.25, -0.2) is 0 Å². The maximum absolute atomic E-state index is 11.8. The number of halogens is 3. The Hall–Kier alpha value is -0.370. The Balaban J connectivity index is 1.97. The van der Waals surface area contributed by atoms with Crippen LogP contribution in [0.4, 0.5) is 13.2 Å². The summed E-state index contributed by atoms with van der Waals surface area (Å²) in [6.45, 7) is 1.91. The number of hydrogen-bond donors (Lipinski definition) is 1. The monoisotopic (exact) mass is 285 g/mol. The molecule has 0 unspecified atom stereocenters. The highest BCUT2D eigenvalue weighted by atomic mass is 19.4. The molecule has 0 aliphatic carbocycles. The van der Waals surface area contributed by atoms with E-state index in [4.69, 9.17) is 9.84 Å². The number of piperidine rings is 1. The highest BCUT2D eigenvalue weighted by molar-refractivity contribution is 4.72. The third-order valence-electron chi connectivity index (χ3n) is 3.01. The minimum absolute atomic E-state index is 0.0385. The topological polar surface area (TPSA) is 41.9 Å². The maximum atomic E-state index is 11.8. The molecule has 0 spiro atoms. The smallest absolute Gasteiger partial charge is 0.394 e. The van der Waals surface area contributed by atoms with Crippen LogP contribution in [0.5, 0.6) is 0 Å². The van der Waals surface area contributed by atoms with E-state index in [0.717, 1.165) is 32.5 Å². The van der Waals surface area contributed by atoms with Crippen LogP contribution in [-0.4, -0.2) is 68.3 Å². The summed E-state index contributed by atoms with van der Waals surface area (Å²) in [5, 5.41) is 8.64. The summed E-state index contributed by atoms with van der Waals surface area (Å²) >= 11 is 0. The van der Waals surface area contributed by atoms with E-state index in [9.17, 15) is 13.2 Å². The second-order valence-electron chi connectivity index (χ2n) is 4.66. The molecule has 0 radical (unpaired) electrons. The molecule has 114 valence electrons. The second-order valence-corrected chi connectivity index (χ2v) is 4.66. The van der Waals surface area contributed by atoms with Gasteiger partial charge in [-0.05, 0) is 19.3 Å². The summed E-state index contributed by atoms with van der Waals surface area (Å²) in [4.78, 5) is 2.20. The molecule has 0 amide bonds. The Bertz CT molecular complexity index is 231. The fourth-order valence-electron chi connectivity index (χ4n) is 2.10. The molecule has 1 aliphatic heterocycles. The van der Waals surface area contributed by atoms with Crippen LogP contribution in [-0.2, 0) is 9.47 Å². The third-order valence-corrected chi connectivity index (χ3v) is 3.01. The van der Waals surface area contributed by atoms with Crippen molar-refractivity contribution in [3.63, 3.8) is 0 Å². The molecular formula is C12H22F3NO3. The Morgan fingerprint density at radius 3 is 2.42 bits per heavy atom. The molecule has 0 aromatic carbocycles. The van der Waals surface area contributed by atoms with Crippen molar-refractivity contribution in [2.45, 2.75) is 31.5 Å². The SMILES string of the molecule is OCCOC1CCN(CCCOCC(F)(F)F)CC1. The van der Waals surface area contributed by atoms with Gasteiger partial charge >= 0.3 is 6.18 Å². The fourth-order valence-corrected chi connectivity index (χ4v) is 2.10. The predicted octanol–water partition coefficient (Wildman–Crippen LogP) is 1.43. The van der Waals surface area contributed by atoms with Crippen LogP contribution < -0.4 is 0 Å². The van der Waals surface area contributed by atoms with Gasteiger partial charge in [0.1, 0.15) is 6.61 Å². The lowest BCUT2D eigenvalue weighted by Crippen LogP contribution is -2.38. The number of nitrogens with zero attached hydrogens (tertiary/aromatic N) is 1. The molecular weight excluding hydrogens is 263 g/mol. The first kappa shape index (κ1) is 16.7. The van der Waals surface area contributed by atoms with Gasteiger partial charge in [0, 0.05) is 26.2 Å². The predicted molar refractivity (Wildman–Crippen MR) is 64.0 cm³/mol. The quantitative estimate of drug-likeness (QED) is 0.685. The van der Waals surface area contributed by atoms with Crippen molar-refractivity contribution in [3.05, 3.63) is 0 Å². The highest BCUT2D eigenvalue weighted by Crippen LogP contribution is 2.15. The maximum Gasteiger partial charge on any atom is 0.411 e. The zero-order chi connectivity index (χ0) is 14.1. The highest BCUT2D eigenvalue weighted by Gasteiger charge is 2.27. The lowest BCUT2D eigenvalue weighted by Gasteiger charge is -2.31. The Morgan fingerprint density at radius 2 is 1.84 bits per heavy atom. The van der Waals surface area contributed by atoms with E-state index in [1.807, 2.05) is 0 Å². The summed E-state index contributed by atoms with van der Waals surface area (Å²) in [7, 11) is 0. The number of hydrogen-bond acceptors (Lipinski definition) is 4. The summed E-state index contributed by atoms with van der Waals surface area (Å²) in [5.41, 5.74) is 0. The van der Waals surface area contributed by atoms with Crippen molar-refractivity contribution in [1.29, 1.82) is 0 Å². The first-order valence-electron chi connectivity index (χ1n) is 6.60. The molecule has 1 fully saturated rings. The molecule has 0 bridgehead atoms. The molecule has 4 nitrogen and oxygen atoms in total. The van der Waals surface area contributed by atoms with Crippen LogP contribution in [0.15, 0.2) is 0 Å². The van der Waals surface area contributed by atoms with Crippen molar-refractivity contribution in [2.24, 2.45) is 0 Å². The van der Waals surface area contributed by atoms with E-state index in [1.54, 1.807) is 0 Å². The van der Waals surface area contributed by atoms with Crippen molar-refractivity contribution in [1.82, 2.24) is 4.90 Å². The lowest BCUT2D eigenvalue weighted by atomic mass is 10.1. The van der Waals surface area contributed by atoms with Crippen LogP contribution in [0, 0.1) is 0 Å². The number of ether oxygens (including phenoxy) is 2. The standard InChI is InChI=1S/C12H22F3NO3/c13-12(14,15)10-18-8-1-4-16-5-2-11(3-6-16)19-9-7-17/h11,17H,1-10H2. The largest absolute Gasteiger partial charge is 0.411 e. The van der Waals surface area contributed by atoms with Gasteiger partial charge in [-0.1, -0.05) is 0 Å². The van der Waals surface area contributed by atoms with E-state index >= 15 is 0 Å². The molecule has 1 N–H and O–H groups in total. The second kappa shape index (κ2) is 8.73. The normalized spacial score (nSPS) is 18.9. The summed E-state index contributed by atoms with van der Waals surface area (Å²) < 4.78 is 45.4. The molecule has 19 heavy (non-hydrogen) atoms. The first-order valence-corrected chi connectivity index (χ1v) is 6.60. The third kappa shape index (κ3) is 8.41. The van der Waals surface area contributed by atoms with E-state index in [-0.39, 0.29) is 19.3 Å². The Labute approximate surface area is 111 Å². The number of rotatable bonds is 8. The minimum atomic E-state index is -4.23. The minimum Gasteiger partial charge on any atom is -0.394 e. The van der Waals surface area contributed by atoms with Crippen molar-refractivity contribution in [3.8, 4) is 0 Å². The van der Waals surface area contributed by atoms with Crippen LogP contribution in [0.3, 0.4) is 0 Å². The van der Waals surface area contributed by atoms with Crippen molar-refractivity contribution >= 4 is 0 Å². The molecule has 1 aliphatic rings. The van der Waals surface area contributed by atoms with E-state index in [0.29, 0.717) is 13.0 Å². The molecule has 1 heterocycles. The molecule has 7 heteroatoms. The van der Waals surface area contributed by atoms with Crippen LogP contribution in [0.1, 0.15) is 19.3 Å². The van der Waals surface area contributed by atoms with Gasteiger partial charge in [0.05, 0.1) is 19.3 Å². The van der Waals surface area contributed by atoms with Crippen molar-refractivity contribution in [2.75, 3.05) is 46.1 Å². The van der Waals surface area contributed by atoms with Gasteiger partial charge in [0.25, 0.3) is 0 Å². The number of alkyl halides is 3. The zero-order valence-corrected chi connectivity index (χ0v) is 11.0. The van der Waals surface area contributed by atoms with Gasteiger partial charge in [-0.2, -0.15) is 13.2 Å². The van der Waals surface area contributed by atoms with E-state index < -0.39 is 12.8 Å². The molecule has 0 saturated carbocycles. The summed E-state index contributed by atoms with van der Waals surface area (Å²) in [5.74, 6) is 0. The summed E-state index contributed by atoms with van der Waals surface area (Å²) in [6, 6.07) is 0. The van der Waals surface area contributed by atoms with Gasteiger partial charge in [0.15, 0.2) is 0 Å². The van der Waals surface area contributed by atoms with Gasteiger partial charge < -0.3 is 19.5 Å². The fraction of sp³-hybridized carbons (Fsp3) is 1.00. The van der Waals surface area contributed by atoms with Crippen LogP contribution in [0.25, 0.3) is 0 Å². The molecule has 0 aromatic rings. The van der Waals surface area contributed by atoms with E-state index in [1.165, 1.54) is 0 Å². The number of likely N-dealkylation sites (tertiary alicyclic amines) is 1. The van der Waals surface area contributed by atoms with Gasteiger partial charge in [-0.3, -0.25) is 0 Å². The molecule has 0 aromatic heterocycles. The number of aliphatic hydroxyl groups is 1. The summed E-state index contributed by atoms with van der Waals surface area (Å²) in [6.07, 6.45) is -1.61. The molecule has 1 rings (SSSR count). The zero-order valence-electron chi connectivity index (χ0n) is 11.0. The first-order chi connectivity index (χ1) is 9.01. The van der Waals surface area contributed by atoms with E-state index in [2.05, 4.69) is 9.64 Å². The van der Waals surface area contributed by atoms with Gasteiger partial charge in [-0.15, -0.1) is 0 Å². The number of aliphatic hydroxyl groups excluding tert-OH is 1. The van der Waals surface area contributed by atoms with Crippen molar-refractivity contribution < 1.29 is 27.8 Å². The van der Waals surface area contributed by atoms with Crippen LogP contribution in [0.2, 0.25) is 0 Å². The lowest BCUT2D eigenvalue weighted by molar-refractivity contribution is -0.174. The van der Waals surface area contributed by atoms with Crippen LogP contribution >= 0.6 is 0 Å². The Kier molecular flexibility index (Phi) is 7.67. The molecule has 1 saturated heterocycles. The average molecular weight is 285 g/mol. The Morgan fingerprint density at radius 1 is 1.16 bits per heavy atom.